The first-order chi connectivity index (χ1) is 27.3. The number of carboxylic acid groups (broad SMARTS) is 1. The van der Waals surface area contributed by atoms with Gasteiger partial charge in [0.2, 0.25) is 17.7 Å². The number of aliphatic hydroxyl groups excluding tert-OH is 6. The Balaban J connectivity index is 1.69. The molecule has 0 aliphatic carbocycles. The van der Waals surface area contributed by atoms with Gasteiger partial charge in [0, 0.05) is 27.3 Å². The van der Waals surface area contributed by atoms with E-state index in [0.717, 1.165) is 13.8 Å². The molecule has 58 heavy (non-hydrogen) atoms. The number of nitrogens with one attached hydrogen (secondary N) is 3. The zero-order chi connectivity index (χ0) is 43.2. The van der Waals surface area contributed by atoms with Gasteiger partial charge in [0.25, 0.3) is 0 Å². The summed E-state index contributed by atoms with van der Waals surface area (Å²) in [6.07, 6.45) is -27.4. The SMILES string of the molecule is CC(=O)NC1C(O[C@@H]2OC(C(=O)O)[C@@H](O)C(O)C2O[C@@H]2OC(C)[C@@H](O)C(O)C2NC(C)=O)C(O)C(C)O[C@H]1OC1C(NC(C)=O)[C@H](OCCOCCN)OC(C)[C@@H]1O. The van der Waals surface area contributed by atoms with Crippen molar-refractivity contribution in [3.05, 3.63) is 0 Å². The van der Waals surface area contributed by atoms with Gasteiger partial charge >= 0.3 is 5.97 Å². The van der Waals surface area contributed by atoms with E-state index in [9.17, 15) is 54.9 Å². The molecule has 13 unspecified atom stereocenters. The van der Waals surface area contributed by atoms with Crippen molar-refractivity contribution in [2.24, 2.45) is 5.73 Å². The smallest absolute Gasteiger partial charge is 0.335 e. The third-order valence-corrected chi connectivity index (χ3v) is 10.0. The Morgan fingerprint density at radius 2 is 0.983 bits per heavy atom. The van der Waals surface area contributed by atoms with Crippen molar-refractivity contribution in [3.8, 4) is 0 Å². The molecule has 4 saturated heterocycles. The lowest BCUT2D eigenvalue weighted by molar-refractivity contribution is -0.372. The fraction of sp³-hybridized carbons (Fsp3) is 0.882. The third-order valence-electron chi connectivity index (χ3n) is 10.0. The first-order valence-corrected chi connectivity index (χ1v) is 18.9. The van der Waals surface area contributed by atoms with Crippen LogP contribution in [0.4, 0.5) is 0 Å². The van der Waals surface area contributed by atoms with Crippen LogP contribution in [0.2, 0.25) is 0 Å². The lowest BCUT2D eigenvalue weighted by atomic mass is 9.94. The van der Waals surface area contributed by atoms with E-state index in [4.69, 9.17) is 48.4 Å². The normalized spacial score (nSPS) is 43.3. The third kappa shape index (κ3) is 11.5. The number of carbonyl (C=O) groups is 4. The molecule has 0 aromatic carbocycles. The van der Waals surface area contributed by atoms with Crippen molar-refractivity contribution >= 4 is 23.7 Å². The molecule has 4 heterocycles. The first kappa shape index (κ1) is 47.9. The lowest BCUT2D eigenvalue weighted by Gasteiger charge is -2.50. The summed E-state index contributed by atoms with van der Waals surface area (Å²) in [7, 11) is 0. The highest BCUT2D eigenvalue weighted by atomic mass is 16.8. The second-order valence-corrected chi connectivity index (χ2v) is 14.6. The molecule has 0 radical (unpaired) electrons. The van der Waals surface area contributed by atoms with Crippen LogP contribution in [0.1, 0.15) is 41.5 Å². The molecule has 3 amide bonds. The van der Waals surface area contributed by atoms with Crippen molar-refractivity contribution < 1.29 is 97.6 Å². The number of aliphatic carboxylic acids is 1. The minimum atomic E-state index is -2.15. The van der Waals surface area contributed by atoms with Gasteiger partial charge in [-0.25, -0.2) is 4.79 Å². The van der Waals surface area contributed by atoms with Crippen LogP contribution < -0.4 is 21.7 Å². The summed E-state index contributed by atoms with van der Waals surface area (Å²) < 4.78 is 52.8. The Labute approximate surface area is 333 Å². The number of carbonyl (C=O) groups excluding carboxylic acids is 3. The highest BCUT2D eigenvalue weighted by Gasteiger charge is 2.56. The summed E-state index contributed by atoms with van der Waals surface area (Å²) in [5.74, 6) is -3.67. The molecule has 0 aromatic rings. The number of hydrogen-bond donors (Lipinski definition) is 11. The van der Waals surface area contributed by atoms with Crippen LogP contribution in [0.3, 0.4) is 0 Å². The monoisotopic (exact) mass is 842 g/mol. The van der Waals surface area contributed by atoms with Gasteiger partial charge in [0.05, 0.1) is 38.1 Å². The molecule has 12 N–H and O–H groups in total. The van der Waals surface area contributed by atoms with Crippen LogP contribution in [0.15, 0.2) is 0 Å². The highest BCUT2D eigenvalue weighted by Crippen LogP contribution is 2.35. The minimum absolute atomic E-state index is 0.0116. The largest absolute Gasteiger partial charge is 0.479 e. The zero-order valence-corrected chi connectivity index (χ0v) is 32.9. The lowest BCUT2D eigenvalue weighted by Crippen LogP contribution is -2.71. The van der Waals surface area contributed by atoms with Crippen molar-refractivity contribution in [3.63, 3.8) is 0 Å². The van der Waals surface area contributed by atoms with Gasteiger partial charge in [-0.15, -0.1) is 0 Å². The summed E-state index contributed by atoms with van der Waals surface area (Å²) in [5.41, 5.74) is 5.46. The van der Waals surface area contributed by atoms with E-state index >= 15 is 0 Å². The first-order valence-electron chi connectivity index (χ1n) is 18.9. The quantitative estimate of drug-likeness (QED) is 0.0644. The molecule has 0 saturated carbocycles. The number of nitrogens with two attached hydrogens (primary N) is 1. The fourth-order valence-corrected chi connectivity index (χ4v) is 7.08. The maximum atomic E-state index is 12.7. The molecule has 24 nitrogen and oxygen atoms in total. The molecule has 0 aromatic heterocycles. The number of amides is 3. The molecular weight excluding hydrogens is 784 g/mol. The van der Waals surface area contributed by atoms with E-state index in [1.165, 1.54) is 27.7 Å². The number of carboxylic acids is 1. The minimum Gasteiger partial charge on any atom is -0.479 e. The summed E-state index contributed by atoms with van der Waals surface area (Å²) in [6.45, 7) is 8.37. The van der Waals surface area contributed by atoms with Crippen LogP contribution in [-0.2, 0) is 61.8 Å². The van der Waals surface area contributed by atoms with Gasteiger partial charge in [-0.05, 0) is 20.8 Å². The van der Waals surface area contributed by atoms with Crippen molar-refractivity contribution in [2.75, 3.05) is 26.4 Å². The molecule has 0 bridgehead atoms. The molecule has 4 fully saturated rings. The summed E-state index contributed by atoms with van der Waals surface area (Å²) in [6, 6.07) is -4.19. The summed E-state index contributed by atoms with van der Waals surface area (Å²) >= 11 is 0. The molecule has 4 aliphatic heterocycles. The molecule has 20 atom stereocenters. The van der Waals surface area contributed by atoms with Crippen LogP contribution in [-0.4, -0.2) is 208 Å². The highest BCUT2D eigenvalue weighted by molar-refractivity contribution is 5.74. The van der Waals surface area contributed by atoms with E-state index in [2.05, 4.69) is 16.0 Å². The predicted octanol–water partition coefficient (Wildman–Crippen LogP) is -6.14. The van der Waals surface area contributed by atoms with E-state index in [1.807, 2.05) is 0 Å². The van der Waals surface area contributed by atoms with Gasteiger partial charge in [0.1, 0.15) is 73.1 Å². The number of ether oxygens (including phenoxy) is 9. The van der Waals surface area contributed by atoms with Crippen LogP contribution in [0, 0.1) is 0 Å². The fourth-order valence-electron chi connectivity index (χ4n) is 7.08. The Kier molecular flexibility index (Phi) is 17.5. The molecular formula is C34H58N4O20. The molecule has 24 heteroatoms. The number of aliphatic hydroxyl groups is 6. The van der Waals surface area contributed by atoms with Gasteiger partial charge in [0.15, 0.2) is 31.3 Å². The predicted molar refractivity (Wildman–Crippen MR) is 189 cm³/mol. The maximum Gasteiger partial charge on any atom is 0.335 e. The van der Waals surface area contributed by atoms with E-state index in [-0.39, 0.29) is 26.4 Å². The second-order valence-electron chi connectivity index (χ2n) is 14.6. The average molecular weight is 843 g/mol. The molecule has 4 aliphatic rings. The van der Waals surface area contributed by atoms with Gasteiger partial charge < -0.3 is 100 Å². The number of rotatable bonds is 16. The van der Waals surface area contributed by atoms with Gasteiger partial charge in [-0.1, -0.05) is 0 Å². The Bertz CT molecular complexity index is 1390. The van der Waals surface area contributed by atoms with E-state index in [1.54, 1.807) is 0 Å². The van der Waals surface area contributed by atoms with Crippen molar-refractivity contribution in [1.29, 1.82) is 0 Å². The van der Waals surface area contributed by atoms with Crippen LogP contribution in [0.5, 0.6) is 0 Å². The Morgan fingerprint density at radius 1 is 0.534 bits per heavy atom. The number of hydrogen-bond acceptors (Lipinski definition) is 20. The molecule has 0 spiro atoms. The van der Waals surface area contributed by atoms with E-state index < -0.39 is 146 Å². The molecule has 4 rings (SSSR count). The van der Waals surface area contributed by atoms with Crippen LogP contribution >= 0.6 is 0 Å². The van der Waals surface area contributed by atoms with Crippen molar-refractivity contribution in [1.82, 2.24) is 16.0 Å². The Morgan fingerprint density at radius 3 is 1.50 bits per heavy atom. The summed E-state index contributed by atoms with van der Waals surface area (Å²) in [5, 5.41) is 83.7. The van der Waals surface area contributed by atoms with Gasteiger partial charge in [-0.3, -0.25) is 14.4 Å². The summed E-state index contributed by atoms with van der Waals surface area (Å²) in [4.78, 5) is 49.3. The van der Waals surface area contributed by atoms with E-state index in [0.29, 0.717) is 0 Å². The maximum absolute atomic E-state index is 12.7. The molecule has 334 valence electrons. The van der Waals surface area contributed by atoms with Gasteiger partial charge in [-0.2, -0.15) is 0 Å². The zero-order valence-electron chi connectivity index (χ0n) is 32.9. The van der Waals surface area contributed by atoms with Crippen molar-refractivity contribution in [2.45, 2.75) is 164 Å². The second kappa shape index (κ2) is 21.2. The van der Waals surface area contributed by atoms with Crippen LogP contribution in [0.25, 0.3) is 0 Å². The topological polar surface area (TPSA) is 355 Å². The standard InChI is InChI=1S/C34H58N4O20/c1-11-20(42)23(45)17(36-14(4)39)32(53-11)58-29-25(47)24(46)28(30(48)49)57-34(29)56-27-19(38-16(6)41)33(54-13(3)22(27)44)55-26-18(37-15(5)40)31(52-12(2)21(26)43)51-10-9-50-8-7-35/h11-13,17-29,31-34,42-47H,7-10,35H2,1-6H3,(H,36,39)(H,37,40)(H,38,41)(H,48,49)/t11?,12?,13?,17?,18?,19?,20-,21+,22?,23?,24+,25?,26?,27?,28?,29?,31-,32+,33+,34-/m1/s1. The Hall–Kier alpha value is -2.76. The average Bonchev–Trinajstić information content (AvgIpc) is 3.14.